The molecule has 0 bridgehead atoms. The molecular weight excluding hydrogens is 524 g/mol. The minimum absolute atomic E-state index is 0. The zero-order chi connectivity index (χ0) is 13.8. The van der Waals surface area contributed by atoms with E-state index in [-0.39, 0.29) is 44.7 Å². The van der Waals surface area contributed by atoms with Gasteiger partial charge >= 0.3 is 55.0 Å². The molecule has 1 rings (SSSR count). The normalized spacial score (nSPS) is 7.00. The third kappa shape index (κ3) is 22.1. The van der Waals surface area contributed by atoms with Gasteiger partial charge in [0.05, 0.1) is 0 Å². The van der Waals surface area contributed by atoms with Crippen molar-refractivity contribution in [3.8, 4) is 5.75 Å². The average Bonchev–Trinajstić information content (AvgIpc) is 2.18. The second-order valence-electron chi connectivity index (χ2n) is 2.17. The molecule has 1 aromatic rings. The first kappa shape index (κ1) is 31.4. The molecule has 0 saturated heterocycles. The molecule has 0 radical (unpaired) electrons. The van der Waals surface area contributed by atoms with Crippen LogP contribution < -0.4 is 0 Å². The van der Waals surface area contributed by atoms with Gasteiger partial charge in [0.15, 0.2) is 0 Å². The van der Waals surface area contributed by atoms with Gasteiger partial charge in [-0.2, -0.15) is 0 Å². The van der Waals surface area contributed by atoms with Gasteiger partial charge in [0.25, 0.3) is 0 Å². The molecule has 0 aliphatic heterocycles. The van der Waals surface area contributed by atoms with Crippen molar-refractivity contribution in [2.75, 3.05) is 0 Å². The number of benzene rings is 1. The predicted octanol–water partition coefficient (Wildman–Crippen LogP) is 0.721. The Morgan fingerprint density at radius 1 is 1.15 bits per heavy atom. The summed E-state index contributed by atoms with van der Waals surface area (Å²) in [6.45, 7) is 0. The molecule has 0 aliphatic rings. The van der Waals surface area contributed by atoms with Crippen LogP contribution in [-0.2, 0) is 21.1 Å². The molecule has 120 valence electrons. The first-order chi connectivity index (χ1) is 7.86. The Hall–Kier alpha value is -1.06. The first-order valence-electron chi connectivity index (χ1n) is 3.69. The Bertz CT molecular complexity index is 354. The third-order valence-corrected chi connectivity index (χ3v) is 1.13. The summed E-state index contributed by atoms with van der Waals surface area (Å²) in [5, 5.41) is 26.3. The SMILES string of the molecule is O=C(O)c1ccccc1O.O=N[O-].O[As](O)O.[NH2-].[NH2-].[Pt+2]. The molecule has 0 heterocycles. The van der Waals surface area contributed by atoms with E-state index >= 15 is 0 Å². The molecule has 11 nitrogen and oxygen atoms in total. The van der Waals surface area contributed by atoms with Crippen molar-refractivity contribution in [3.63, 3.8) is 0 Å². The molecule has 0 atom stereocenters. The first-order valence-corrected chi connectivity index (χ1v) is 6.21. The van der Waals surface area contributed by atoms with Gasteiger partial charge < -0.3 is 32.6 Å². The second-order valence-corrected chi connectivity index (χ2v) is 3.29. The number of carboxylic acids is 1. The minimum atomic E-state index is -3.19. The maximum atomic E-state index is 10.3. The number of rotatable bonds is 1. The van der Waals surface area contributed by atoms with Gasteiger partial charge in [0.1, 0.15) is 11.3 Å². The molecule has 13 heteroatoms. The Balaban J connectivity index is -0.0000000653. The van der Waals surface area contributed by atoms with Crippen molar-refractivity contribution in [1.82, 2.24) is 0 Å². The number of aromatic carboxylic acids is 1. The second kappa shape index (κ2) is 20.3. The summed E-state index contributed by atoms with van der Waals surface area (Å²) in [5.74, 6) is -1.31. The maximum Gasteiger partial charge on any atom is 2.00 e. The standard InChI is InChI=1S/C7H6O3.AsH3O3.HNO2.2H2N.Pt/c8-6-4-2-1-3-5(6)7(9)10;2-1(3)4;2-1-3;;;/h1-4,8H,(H,9,10);2-4H;(H,2,3);2*1H2;/q;;;2*-1;+2/p-1. The number of aromatic hydroxyl groups is 1. The van der Waals surface area contributed by atoms with Crippen LogP contribution in [0.4, 0.5) is 0 Å². The van der Waals surface area contributed by atoms with E-state index in [0.29, 0.717) is 0 Å². The number of phenols is 1. The van der Waals surface area contributed by atoms with Gasteiger partial charge in [-0.05, 0) is 12.1 Å². The number of hydrogen-bond acceptors (Lipinski definition) is 8. The molecule has 1 aromatic carbocycles. The van der Waals surface area contributed by atoms with Crippen LogP contribution in [0.5, 0.6) is 5.75 Å². The van der Waals surface area contributed by atoms with Gasteiger partial charge in [0, 0.05) is 0 Å². The largest absolute Gasteiger partial charge is 2.00 e. The summed E-state index contributed by atoms with van der Waals surface area (Å²) in [6.07, 6.45) is 0. The number of nitrogens with zero attached hydrogens (tertiary/aromatic N) is 1. The summed E-state index contributed by atoms with van der Waals surface area (Å²) in [4.78, 5) is 18.3. The van der Waals surface area contributed by atoms with Crippen LogP contribution in [0, 0.1) is 10.1 Å². The third-order valence-electron chi connectivity index (χ3n) is 1.13. The van der Waals surface area contributed by atoms with Crippen molar-refractivity contribution >= 4 is 21.6 Å². The van der Waals surface area contributed by atoms with E-state index in [2.05, 4.69) is 0 Å². The molecular formula is C7H13AsN3O8Pt-. The predicted molar refractivity (Wildman–Crippen MR) is 67.2 cm³/mol. The molecule has 20 heavy (non-hydrogen) atoms. The number of nitrogens with two attached hydrogens (primary N) is 2. The fourth-order valence-electron chi connectivity index (χ4n) is 0.654. The molecule has 0 amide bonds. The van der Waals surface area contributed by atoms with Crippen LogP contribution in [0.2, 0.25) is 0 Å². The van der Waals surface area contributed by atoms with E-state index in [1.165, 1.54) is 12.1 Å². The molecule has 0 spiro atoms. The average molecular weight is 537 g/mol. The molecule has 0 aliphatic carbocycles. The van der Waals surface area contributed by atoms with Gasteiger partial charge in [0.2, 0.25) is 0 Å². The van der Waals surface area contributed by atoms with Gasteiger partial charge in [-0.3, -0.25) is 0 Å². The number of hydrogen-bond donors (Lipinski definition) is 5. The molecule has 0 fully saturated rings. The van der Waals surface area contributed by atoms with E-state index in [1.54, 1.807) is 12.1 Å². The number of carbonyl (C=O) groups is 1. The topological polar surface area (TPSA) is 238 Å². The Morgan fingerprint density at radius 2 is 1.45 bits per heavy atom. The van der Waals surface area contributed by atoms with Crippen molar-refractivity contribution < 1.29 is 48.4 Å². The fourth-order valence-corrected chi connectivity index (χ4v) is 0.654. The van der Waals surface area contributed by atoms with Gasteiger partial charge in [-0.1, -0.05) is 12.1 Å². The summed E-state index contributed by atoms with van der Waals surface area (Å²) in [5.41, 5.74) is -0.0671. The number of para-hydroxylation sites is 1. The van der Waals surface area contributed by atoms with Crippen LogP contribution in [-0.4, -0.2) is 44.1 Å². The maximum absolute atomic E-state index is 10.3. The van der Waals surface area contributed by atoms with E-state index in [1.807, 2.05) is 0 Å². The van der Waals surface area contributed by atoms with E-state index in [9.17, 15) is 4.79 Å². The Morgan fingerprint density at radius 3 is 1.65 bits per heavy atom. The van der Waals surface area contributed by atoms with Gasteiger partial charge in [-0.25, -0.2) is 4.79 Å². The summed E-state index contributed by atoms with van der Waals surface area (Å²) >= 11 is -3.19. The number of carboxylic acid groups (broad SMARTS) is 1. The summed E-state index contributed by atoms with van der Waals surface area (Å²) in [7, 11) is 0. The molecule has 0 unspecified atom stereocenters. The van der Waals surface area contributed by atoms with Crippen molar-refractivity contribution in [2.24, 2.45) is 5.34 Å². The van der Waals surface area contributed by atoms with Crippen molar-refractivity contribution in [3.05, 3.63) is 52.2 Å². The van der Waals surface area contributed by atoms with E-state index in [0.717, 1.165) is 5.34 Å². The van der Waals surface area contributed by atoms with Crippen LogP contribution in [0.25, 0.3) is 12.3 Å². The Kier molecular flexibility index (Phi) is 31.8. The van der Waals surface area contributed by atoms with Gasteiger partial charge in [-0.15, -0.1) is 5.34 Å². The fraction of sp³-hybridized carbons (Fsp3) is 0. The monoisotopic (exact) mass is 537 g/mol. The van der Waals surface area contributed by atoms with E-state index in [4.69, 9.17) is 32.6 Å². The molecule has 9 N–H and O–H groups in total. The van der Waals surface area contributed by atoms with Crippen molar-refractivity contribution in [1.29, 1.82) is 0 Å². The molecule has 0 saturated carbocycles. The summed E-state index contributed by atoms with van der Waals surface area (Å²) in [6, 6.07) is 5.81. The Labute approximate surface area is 133 Å². The zero-order valence-electron chi connectivity index (χ0n) is 9.64. The van der Waals surface area contributed by atoms with Crippen LogP contribution >= 0.6 is 0 Å². The van der Waals surface area contributed by atoms with Crippen LogP contribution in [0.3, 0.4) is 0 Å². The zero-order valence-corrected chi connectivity index (χ0v) is 13.8. The van der Waals surface area contributed by atoms with E-state index < -0.39 is 21.6 Å². The molecule has 0 aromatic heterocycles. The summed E-state index contributed by atoms with van der Waals surface area (Å²) < 4.78 is 21.9. The quantitative estimate of drug-likeness (QED) is 0.194. The van der Waals surface area contributed by atoms with Crippen LogP contribution in [0.15, 0.2) is 29.6 Å². The van der Waals surface area contributed by atoms with Crippen molar-refractivity contribution in [2.45, 2.75) is 0 Å². The van der Waals surface area contributed by atoms with Crippen LogP contribution in [0.1, 0.15) is 10.4 Å². The smallest absolute Gasteiger partial charge is 0.693 e. The minimum Gasteiger partial charge on any atom is -0.693 e.